The first kappa shape index (κ1) is 11.3. The Labute approximate surface area is 63.3 Å². The summed E-state index contributed by atoms with van der Waals surface area (Å²) in [6, 6.07) is 0. The van der Waals surface area contributed by atoms with Gasteiger partial charge in [0.1, 0.15) is 0 Å². The molecule has 0 bridgehead atoms. The van der Waals surface area contributed by atoms with Gasteiger partial charge in [-0.1, -0.05) is 6.58 Å². The molecule has 0 radical (unpaired) electrons. The molecule has 0 amide bonds. The van der Waals surface area contributed by atoms with Gasteiger partial charge in [0.05, 0.1) is 0 Å². The summed E-state index contributed by atoms with van der Waals surface area (Å²) in [5.74, 6) is -10.6. The maximum atomic E-state index is 12.0. The molecule has 72 valence electrons. The highest BCUT2D eigenvalue weighted by atomic mass is 19.4. The van der Waals surface area contributed by atoms with Crippen molar-refractivity contribution < 1.29 is 31.4 Å². The molecule has 0 aliphatic rings. The van der Waals surface area contributed by atoms with Gasteiger partial charge in [-0.05, 0) is 6.08 Å². The Hall–Kier alpha value is -0.720. The van der Waals surface area contributed by atoms with Gasteiger partial charge in [-0.25, -0.2) is 0 Å². The molecular weight excluding hydrogens is 190 g/mol. The van der Waals surface area contributed by atoms with E-state index in [2.05, 4.69) is 6.58 Å². The van der Waals surface area contributed by atoms with E-state index in [0.717, 1.165) is 0 Å². The van der Waals surface area contributed by atoms with Crippen molar-refractivity contribution in [3.8, 4) is 0 Å². The first-order chi connectivity index (χ1) is 5.06. The Balaban J connectivity index is 4.97. The van der Waals surface area contributed by atoms with E-state index in [9.17, 15) is 26.3 Å². The van der Waals surface area contributed by atoms with E-state index in [1.54, 1.807) is 0 Å². The van der Waals surface area contributed by atoms with Crippen molar-refractivity contribution in [3.63, 3.8) is 0 Å². The van der Waals surface area contributed by atoms with E-state index in [0.29, 0.717) is 0 Å². The lowest BCUT2D eigenvalue weighted by atomic mass is 10.1. The average molecular weight is 194 g/mol. The second-order valence-electron chi connectivity index (χ2n) is 1.95. The van der Waals surface area contributed by atoms with Gasteiger partial charge in [0, 0.05) is 0 Å². The van der Waals surface area contributed by atoms with Crippen molar-refractivity contribution in [2.45, 2.75) is 18.0 Å². The van der Waals surface area contributed by atoms with Crippen LogP contribution in [0.1, 0.15) is 0 Å². The smallest absolute Gasteiger partial charge is 0.350 e. The topological polar surface area (TPSA) is 20.2 Å². The van der Waals surface area contributed by atoms with Crippen LogP contribution in [0, 0.1) is 0 Å². The number of halogens is 6. The predicted molar refractivity (Wildman–Crippen MR) is 27.3 cm³/mol. The maximum Gasteiger partial charge on any atom is 0.455 e. The van der Waals surface area contributed by atoms with Crippen LogP contribution < -0.4 is 0 Å². The molecular formula is C5H4F6O. The molecule has 1 N–H and O–H groups in total. The number of hydrogen-bond donors (Lipinski definition) is 1. The summed E-state index contributed by atoms with van der Waals surface area (Å²) >= 11 is 0. The minimum absolute atomic E-state index is 0.611. The molecule has 1 nitrogen and oxygen atoms in total. The fraction of sp³-hybridized carbons (Fsp3) is 0.600. The quantitative estimate of drug-likeness (QED) is 0.526. The summed E-state index contributed by atoms with van der Waals surface area (Å²) in [6.45, 7) is 2.26. The van der Waals surface area contributed by atoms with Crippen LogP contribution in [0.25, 0.3) is 0 Å². The molecule has 1 atom stereocenters. The monoisotopic (exact) mass is 194 g/mol. The van der Waals surface area contributed by atoms with Crippen molar-refractivity contribution in [2.24, 2.45) is 0 Å². The SMILES string of the molecule is C=CC(F)(F)C(O)(F)C(F)(F)F. The highest BCUT2D eigenvalue weighted by molar-refractivity contribution is 5.01. The largest absolute Gasteiger partial charge is 0.455 e. The summed E-state index contributed by atoms with van der Waals surface area (Å²) in [5, 5.41) is 7.77. The summed E-state index contributed by atoms with van der Waals surface area (Å²) in [5.41, 5.74) is 0. The summed E-state index contributed by atoms with van der Waals surface area (Å²) in [6.07, 6.45) is -6.66. The van der Waals surface area contributed by atoms with Crippen LogP contribution in [0.5, 0.6) is 0 Å². The predicted octanol–water partition coefficient (Wildman–Crippen LogP) is 2.03. The highest BCUT2D eigenvalue weighted by Gasteiger charge is 2.69. The van der Waals surface area contributed by atoms with Crippen molar-refractivity contribution in [1.82, 2.24) is 0 Å². The van der Waals surface area contributed by atoms with Gasteiger partial charge < -0.3 is 5.11 Å². The van der Waals surface area contributed by atoms with Crippen LogP contribution in [0.3, 0.4) is 0 Å². The average Bonchev–Trinajstić information content (AvgIpc) is 1.85. The zero-order chi connectivity index (χ0) is 10.2. The third-order valence-corrected chi connectivity index (χ3v) is 1.07. The fourth-order valence-electron chi connectivity index (χ4n) is 0.324. The third kappa shape index (κ3) is 1.55. The minimum Gasteiger partial charge on any atom is -0.350 e. The van der Waals surface area contributed by atoms with E-state index in [4.69, 9.17) is 5.11 Å². The second kappa shape index (κ2) is 2.65. The lowest BCUT2D eigenvalue weighted by Crippen LogP contribution is -2.54. The van der Waals surface area contributed by atoms with Crippen LogP contribution in [-0.4, -0.2) is 23.1 Å². The highest BCUT2D eigenvalue weighted by Crippen LogP contribution is 2.43. The number of rotatable bonds is 2. The Morgan fingerprint density at radius 1 is 1.00 bits per heavy atom. The molecule has 0 heterocycles. The Morgan fingerprint density at radius 2 is 1.33 bits per heavy atom. The molecule has 12 heavy (non-hydrogen) atoms. The van der Waals surface area contributed by atoms with Crippen LogP contribution in [0.4, 0.5) is 26.3 Å². The van der Waals surface area contributed by atoms with Gasteiger partial charge in [0.2, 0.25) is 0 Å². The molecule has 0 aliphatic carbocycles. The van der Waals surface area contributed by atoms with Gasteiger partial charge >= 0.3 is 18.0 Å². The molecule has 0 aromatic heterocycles. The number of hydrogen-bond acceptors (Lipinski definition) is 1. The Kier molecular flexibility index (Phi) is 2.49. The van der Waals surface area contributed by atoms with E-state index < -0.39 is 24.0 Å². The normalized spacial score (nSPS) is 18.6. The summed E-state index contributed by atoms with van der Waals surface area (Å²) < 4.78 is 70.0. The van der Waals surface area contributed by atoms with E-state index in [1.807, 2.05) is 0 Å². The molecule has 0 fully saturated rings. The molecule has 1 unspecified atom stereocenters. The molecule has 0 aromatic rings. The van der Waals surface area contributed by atoms with E-state index >= 15 is 0 Å². The minimum atomic E-state index is -6.05. The standard InChI is InChI=1S/C5H4F6O/c1-2-3(6,7)4(8,12)5(9,10)11/h2,12H,1H2. The molecule has 0 spiro atoms. The first-order valence-electron chi connectivity index (χ1n) is 2.55. The van der Waals surface area contributed by atoms with Crippen molar-refractivity contribution in [2.75, 3.05) is 0 Å². The van der Waals surface area contributed by atoms with Crippen molar-refractivity contribution >= 4 is 0 Å². The molecule has 0 saturated carbocycles. The van der Waals surface area contributed by atoms with Crippen molar-refractivity contribution in [3.05, 3.63) is 12.7 Å². The molecule has 0 aromatic carbocycles. The lowest BCUT2D eigenvalue weighted by molar-refractivity contribution is -0.373. The fourth-order valence-corrected chi connectivity index (χ4v) is 0.324. The van der Waals surface area contributed by atoms with Gasteiger partial charge in [-0.3, -0.25) is 0 Å². The lowest BCUT2D eigenvalue weighted by Gasteiger charge is -2.27. The second-order valence-corrected chi connectivity index (χ2v) is 1.95. The van der Waals surface area contributed by atoms with Gasteiger partial charge in [-0.2, -0.15) is 26.3 Å². The van der Waals surface area contributed by atoms with Crippen LogP contribution >= 0.6 is 0 Å². The van der Waals surface area contributed by atoms with Gasteiger partial charge in [0.25, 0.3) is 0 Å². The van der Waals surface area contributed by atoms with Crippen LogP contribution in [-0.2, 0) is 0 Å². The molecule has 0 saturated heterocycles. The van der Waals surface area contributed by atoms with Crippen molar-refractivity contribution in [1.29, 1.82) is 0 Å². The summed E-state index contributed by atoms with van der Waals surface area (Å²) in [7, 11) is 0. The first-order valence-corrected chi connectivity index (χ1v) is 2.55. The van der Waals surface area contributed by atoms with Gasteiger partial charge in [0.15, 0.2) is 0 Å². The number of aliphatic hydroxyl groups is 1. The van der Waals surface area contributed by atoms with Crippen LogP contribution in [0.15, 0.2) is 12.7 Å². The van der Waals surface area contributed by atoms with E-state index in [1.165, 1.54) is 0 Å². The summed E-state index contributed by atoms with van der Waals surface area (Å²) in [4.78, 5) is 0. The molecule has 0 aliphatic heterocycles. The Morgan fingerprint density at radius 3 is 1.42 bits per heavy atom. The Bertz CT molecular complexity index is 181. The zero-order valence-corrected chi connectivity index (χ0v) is 5.50. The molecule has 7 heteroatoms. The van der Waals surface area contributed by atoms with Gasteiger partial charge in [-0.15, -0.1) is 0 Å². The van der Waals surface area contributed by atoms with Crippen LogP contribution in [0.2, 0.25) is 0 Å². The number of alkyl halides is 6. The maximum absolute atomic E-state index is 12.0. The molecule has 0 rings (SSSR count). The van der Waals surface area contributed by atoms with E-state index in [-0.39, 0.29) is 0 Å². The zero-order valence-electron chi connectivity index (χ0n) is 5.50. The third-order valence-electron chi connectivity index (χ3n) is 1.07.